The van der Waals surface area contributed by atoms with Gasteiger partial charge in [-0.3, -0.25) is 10.1 Å². The maximum absolute atomic E-state index is 11.6. The van der Waals surface area contributed by atoms with E-state index < -0.39 is 0 Å². The van der Waals surface area contributed by atoms with E-state index in [4.69, 9.17) is 23.2 Å². The second-order valence-corrected chi connectivity index (χ2v) is 6.29. The van der Waals surface area contributed by atoms with Gasteiger partial charge in [-0.1, -0.05) is 29.8 Å². The van der Waals surface area contributed by atoms with Gasteiger partial charge < -0.3 is 0 Å². The van der Waals surface area contributed by atoms with E-state index >= 15 is 0 Å². The summed E-state index contributed by atoms with van der Waals surface area (Å²) in [5.74, 6) is -0.0875. The van der Waals surface area contributed by atoms with E-state index in [-0.39, 0.29) is 11.9 Å². The van der Waals surface area contributed by atoms with E-state index in [2.05, 4.69) is 22.0 Å². The van der Waals surface area contributed by atoms with Crippen LogP contribution in [0.3, 0.4) is 0 Å². The lowest BCUT2D eigenvalue weighted by Gasteiger charge is -2.02. The number of hydrogen-bond acceptors (Lipinski definition) is 4. The van der Waals surface area contributed by atoms with E-state index in [0.29, 0.717) is 20.6 Å². The predicted molar refractivity (Wildman–Crippen MR) is 89.8 cm³/mol. The molecule has 0 aliphatic rings. The SMILES string of the molecule is C=C(C)C(=O)Nc1nc2scc(-c3ccc(Cl)cc3Cl)n2n1. The standard InChI is InChI=1S/C14H10Cl2N4OS/c1-7(2)12(21)17-13-18-14-20(19-13)11(6-22-14)9-4-3-8(15)5-10(9)16/h3-6H,1H2,2H3,(H,17,19,21). The van der Waals surface area contributed by atoms with Gasteiger partial charge in [0.2, 0.25) is 4.96 Å². The van der Waals surface area contributed by atoms with Gasteiger partial charge in [0.1, 0.15) is 0 Å². The molecule has 0 aliphatic heterocycles. The fraction of sp³-hybridized carbons (Fsp3) is 0.0714. The number of aromatic nitrogens is 3. The molecule has 22 heavy (non-hydrogen) atoms. The zero-order chi connectivity index (χ0) is 15.9. The third-order valence-corrected chi connectivity index (χ3v) is 4.27. The Labute approximate surface area is 140 Å². The maximum atomic E-state index is 11.6. The van der Waals surface area contributed by atoms with Crippen LogP contribution in [0, 0.1) is 0 Å². The minimum absolute atomic E-state index is 0.228. The van der Waals surface area contributed by atoms with Gasteiger partial charge in [-0.15, -0.1) is 16.4 Å². The molecule has 2 heterocycles. The van der Waals surface area contributed by atoms with Crippen molar-refractivity contribution in [1.82, 2.24) is 14.6 Å². The quantitative estimate of drug-likeness (QED) is 0.715. The first-order valence-electron chi connectivity index (χ1n) is 6.22. The van der Waals surface area contributed by atoms with Crippen LogP contribution in [0.25, 0.3) is 16.2 Å². The van der Waals surface area contributed by atoms with Crippen molar-refractivity contribution in [2.24, 2.45) is 0 Å². The maximum Gasteiger partial charge on any atom is 0.253 e. The second-order valence-electron chi connectivity index (χ2n) is 4.61. The number of amides is 1. The topological polar surface area (TPSA) is 59.3 Å². The zero-order valence-electron chi connectivity index (χ0n) is 11.4. The molecular weight excluding hydrogens is 343 g/mol. The van der Waals surface area contributed by atoms with E-state index in [1.54, 1.807) is 23.6 Å². The number of benzene rings is 1. The van der Waals surface area contributed by atoms with Crippen molar-refractivity contribution in [3.8, 4) is 11.3 Å². The molecule has 0 bridgehead atoms. The molecule has 1 aromatic carbocycles. The molecule has 5 nitrogen and oxygen atoms in total. The average molecular weight is 353 g/mol. The Morgan fingerprint density at radius 3 is 2.86 bits per heavy atom. The number of rotatable bonds is 3. The van der Waals surface area contributed by atoms with Gasteiger partial charge in [-0.2, -0.15) is 4.98 Å². The molecule has 112 valence electrons. The van der Waals surface area contributed by atoms with Crippen molar-refractivity contribution < 1.29 is 4.79 Å². The summed E-state index contributed by atoms with van der Waals surface area (Å²) >= 11 is 13.5. The summed E-state index contributed by atoms with van der Waals surface area (Å²) in [6.07, 6.45) is 0. The Morgan fingerprint density at radius 1 is 1.41 bits per heavy atom. The number of halogens is 2. The predicted octanol–water partition coefficient (Wildman–Crippen LogP) is 4.28. The summed E-state index contributed by atoms with van der Waals surface area (Å²) in [6.45, 7) is 5.19. The molecule has 0 aliphatic carbocycles. The van der Waals surface area contributed by atoms with Crippen LogP contribution in [-0.2, 0) is 4.79 Å². The monoisotopic (exact) mass is 352 g/mol. The average Bonchev–Trinajstić information content (AvgIpc) is 2.99. The summed E-state index contributed by atoms with van der Waals surface area (Å²) < 4.78 is 1.63. The molecule has 0 spiro atoms. The molecule has 3 aromatic rings. The van der Waals surface area contributed by atoms with Crippen LogP contribution in [0.5, 0.6) is 0 Å². The van der Waals surface area contributed by atoms with E-state index in [0.717, 1.165) is 11.3 Å². The van der Waals surface area contributed by atoms with Crippen LogP contribution in [0.2, 0.25) is 10.0 Å². The number of carbonyl (C=O) groups excluding carboxylic acids is 1. The van der Waals surface area contributed by atoms with Gasteiger partial charge in [0.15, 0.2) is 0 Å². The molecular formula is C14H10Cl2N4OS. The summed E-state index contributed by atoms with van der Waals surface area (Å²) in [6, 6.07) is 5.25. The van der Waals surface area contributed by atoms with Gasteiger partial charge in [-0.25, -0.2) is 4.52 Å². The van der Waals surface area contributed by atoms with E-state index in [1.165, 1.54) is 11.3 Å². The Balaban J connectivity index is 2.03. The molecule has 0 saturated heterocycles. The zero-order valence-corrected chi connectivity index (χ0v) is 13.8. The van der Waals surface area contributed by atoms with Gasteiger partial charge in [-0.05, 0) is 25.1 Å². The highest BCUT2D eigenvalue weighted by atomic mass is 35.5. The molecule has 0 atom stereocenters. The highest BCUT2D eigenvalue weighted by Crippen LogP contribution is 2.33. The number of nitrogens with zero attached hydrogens (tertiary/aromatic N) is 3. The second kappa shape index (κ2) is 5.72. The third kappa shape index (κ3) is 2.72. The number of thiazole rings is 1. The number of anilines is 1. The number of carbonyl (C=O) groups is 1. The first-order chi connectivity index (χ1) is 10.5. The summed E-state index contributed by atoms with van der Waals surface area (Å²) in [5.41, 5.74) is 1.96. The molecule has 2 aromatic heterocycles. The summed E-state index contributed by atoms with van der Waals surface area (Å²) in [5, 5.41) is 9.86. The first-order valence-corrected chi connectivity index (χ1v) is 7.86. The van der Waals surface area contributed by atoms with Crippen LogP contribution in [-0.4, -0.2) is 20.5 Å². The number of nitrogens with one attached hydrogen (secondary N) is 1. The van der Waals surface area contributed by atoms with Crippen LogP contribution in [0.4, 0.5) is 5.95 Å². The van der Waals surface area contributed by atoms with Crippen molar-refractivity contribution in [1.29, 1.82) is 0 Å². The van der Waals surface area contributed by atoms with Crippen LogP contribution < -0.4 is 5.32 Å². The third-order valence-electron chi connectivity index (χ3n) is 2.90. The molecule has 1 amide bonds. The first kappa shape index (κ1) is 15.0. The largest absolute Gasteiger partial charge is 0.289 e. The van der Waals surface area contributed by atoms with Gasteiger partial charge in [0, 0.05) is 21.5 Å². The lowest BCUT2D eigenvalue weighted by atomic mass is 10.2. The summed E-state index contributed by atoms with van der Waals surface area (Å²) in [7, 11) is 0. The van der Waals surface area contributed by atoms with Gasteiger partial charge in [0.25, 0.3) is 11.9 Å². The number of fused-ring (bicyclic) bond motifs is 1. The Bertz CT molecular complexity index is 900. The van der Waals surface area contributed by atoms with Crippen molar-refractivity contribution in [2.45, 2.75) is 6.92 Å². The Hall–Kier alpha value is -1.89. The minimum Gasteiger partial charge on any atom is -0.289 e. The smallest absolute Gasteiger partial charge is 0.253 e. The molecule has 1 N–H and O–H groups in total. The summed E-state index contributed by atoms with van der Waals surface area (Å²) in [4.78, 5) is 16.5. The molecule has 0 unspecified atom stereocenters. The number of hydrogen-bond donors (Lipinski definition) is 1. The van der Waals surface area contributed by atoms with E-state index in [1.807, 2.05) is 11.4 Å². The lowest BCUT2D eigenvalue weighted by Crippen LogP contribution is -2.13. The fourth-order valence-electron chi connectivity index (χ4n) is 1.83. The van der Waals surface area contributed by atoms with Crippen LogP contribution >= 0.6 is 34.5 Å². The molecule has 0 fully saturated rings. The van der Waals surface area contributed by atoms with Crippen molar-refractivity contribution in [2.75, 3.05) is 5.32 Å². The molecule has 8 heteroatoms. The highest BCUT2D eigenvalue weighted by Gasteiger charge is 2.15. The van der Waals surface area contributed by atoms with Crippen LogP contribution in [0.1, 0.15) is 6.92 Å². The van der Waals surface area contributed by atoms with Crippen molar-refractivity contribution >= 4 is 51.4 Å². The Kier molecular flexibility index (Phi) is 3.90. The van der Waals surface area contributed by atoms with Crippen molar-refractivity contribution in [3.63, 3.8) is 0 Å². The fourth-order valence-corrected chi connectivity index (χ4v) is 3.15. The highest BCUT2D eigenvalue weighted by molar-refractivity contribution is 7.15. The van der Waals surface area contributed by atoms with Gasteiger partial charge >= 0.3 is 0 Å². The Morgan fingerprint density at radius 2 is 2.18 bits per heavy atom. The van der Waals surface area contributed by atoms with Crippen LogP contribution in [0.15, 0.2) is 35.7 Å². The molecule has 3 rings (SSSR count). The molecule has 0 radical (unpaired) electrons. The normalized spacial score (nSPS) is 10.9. The van der Waals surface area contributed by atoms with E-state index in [9.17, 15) is 4.79 Å². The lowest BCUT2D eigenvalue weighted by molar-refractivity contribution is -0.112. The molecule has 0 saturated carbocycles. The minimum atomic E-state index is -0.315. The van der Waals surface area contributed by atoms with Gasteiger partial charge in [0.05, 0.1) is 10.7 Å². The van der Waals surface area contributed by atoms with Crippen molar-refractivity contribution in [3.05, 3.63) is 45.8 Å².